The van der Waals surface area contributed by atoms with Crippen LogP contribution in [0.5, 0.6) is 0 Å². The van der Waals surface area contributed by atoms with Crippen LogP contribution < -0.4 is 0 Å². The number of benzene rings is 1. The average Bonchev–Trinajstić information content (AvgIpc) is 3.58. The highest BCUT2D eigenvalue weighted by atomic mass is 19.1. The van der Waals surface area contributed by atoms with E-state index in [9.17, 15) is 29.6 Å². The number of nitrogens with zero attached hydrogens (tertiary/aromatic N) is 1. The van der Waals surface area contributed by atoms with Crippen LogP contribution in [0, 0.1) is 34.4 Å². The molecular formula is C37H50FNO8. The van der Waals surface area contributed by atoms with Gasteiger partial charge in [-0.25, -0.2) is 9.18 Å². The number of hydrogen-bond acceptors (Lipinski definition) is 9. The van der Waals surface area contributed by atoms with Crippen LogP contribution in [0.15, 0.2) is 40.9 Å². The number of carbonyl (C=O) groups is 1. The molecule has 4 N–H and O–H groups in total. The van der Waals surface area contributed by atoms with E-state index in [1.54, 1.807) is 25.1 Å². The van der Waals surface area contributed by atoms with E-state index in [2.05, 4.69) is 6.92 Å². The molecule has 9 nitrogen and oxygen atoms in total. The normalized spacial score (nSPS) is 46.4. The van der Waals surface area contributed by atoms with E-state index < -0.39 is 46.6 Å². The van der Waals surface area contributed by atoms with Crippen molar-refractivity contribution in [1.29, 1.82) is 0 Å². The van der Waals surface area contributed by atoms with Gasteiger partial charge in [0.15, 0.2) is 6.29 Å². The van der Waals surface area contributed by atoms with Crippen LogP contribution in [0.3, 0.4) is 0 Å². The van der Waals surface area contributed by atoms with Gasteiger partial charge >= 0.3 is 5.97 Å². The minimum absolute atomic E-state index is 0.00644. The molecule has 0 amide bonds. The van der Waals surface area contributed by atoms with E-state index in [-0.39, 0.29) is 42.1 Å². The Kier molecular flexibility index (Phi) is 8.70. The Hall–Kier alpha value is -2.21. The van der Waals surface area contributed by atoms with Crippen molar-refractivity contribution in [2.75, 3.05) is 13.2 Å². The number of esters is 1. The molecule has 258 valence electrons. The fraction of sp³-hybridized carbons (Fsp3) is 0.730. The molecule has 10 heteroatoms. The molecule has 0 spiro atoms. The van der Waals surface area contributed by atoms with Crippen molar-refractivity contribution in [3.8, 4) is 0 Å². The van der Waals surface area contributed by atoms with Crippen molar-refractivity contribution in [3.63, 3.8) is 0 Å². The van der Waals surface area contributed by atoms with Crippen LogP contribution in [0.2, 0.25) is 0 Å². The molecule has 5 fully saturated rings. The van der Waals surface area contributed by atoms with Gasteiger partial charge in [0.25, 0.3) is 0 Å². The summed E-state index contributed by atoms with van der Waals surface area (Å²) in [5, 5.41) is 46.0. The number of aliphatic hydroxyl groups excluding tert-OH is 2. The predicted octanol–water partition coefficient (Wildman–Crippen LogP) is 4.03. The highest BCUT2D eigenvalue weighted by Gasteiger charge is 2.71. The molecule has 7 rings (SSSR count). The number of hydrogen-bond donors (Lipinski definition) is 4. The Bertz CT molecular complexity index is 1390. The van der Waals surface area contributed by atoms with Gasteiger partial charge in [0, 0.05) is 42.5 Å². The van der Waals surface area contributed by atoms with Crippen LogP contribution in [0.4, 0.5) is 4.39 Å². The Morgan fingerprint density at radius 2 is 1.81 bits per heavy atom. The SMILES string of the molecule is C[C@H]1O[C@@H](O[C@H]2CC[C@]3(C=NCCc4ccc(F)cc4)[C@@H]4CC[C@]5(C)[C@H](C6=CC(=O)OC6)CC[C@]5(O)[C@H]4CC[C@@]3(O)C2)C[C@H](O)[C@@H]1O. The van der Waals surface area contributed by atoms with Gasteiger partial charge in [-0.1, -0.05) is 19.1 Å². The van der Waals surface area contributed by atoms with Crippen LogP contribution in [0.25, 0.3) is 0 Å². The molecule has 4 aliphatic carbocycles. The maximum absolute atomic E-state index is 13.5. The number of cyclic esters (lactones) is 1. The molecular weight excluding hydrogens is 605 g/mol. The first-order valence-electron chi connectivity index (χ1n) is 17.6. The third kappa shape index (κ3) is 5.51. The van der Waals surface area contributed by atoms with Crippen LogP contribution in [-0.4, -0.2) is 87.7 Å². The van der Waals surface area contributed by atoms with Crippen molar-refractivity contribution in [2.45, 2.75) is 126 Å². The topological polar surface area (TPSA) is 138 Å². The van der Waals surface area contributed by atoms with Gasteiger partial charge in [0.05, 0.1) is 29.5 Å². The molecule has 1 saturated heterocycles. The first-order valence-corrected chi connectivity index (χ1v) is 17.6. The van der Waals surface area contributed by atoms with Crippen molar-refractivity contribution >= 4 is 12.2 Å². The summed E-state index contributed by atoms with van der Waals surface area (Å²) in [6, 6.07) is 6.46. The first kappa shape index (κ1) is 33.3. The minimum atomic E-state index is -1.12. The average molecular weight is 656 g/mol. The predicted molar refractivity (Wildman–Crippen MR) is 171 cm³/mol. The zero-order chi connectivity index (χ0) is 33.2. The van der Waals surface area contributed by atoms with Crippen molar-refractivity contribution in [3.05, 3.63) is 47.3 Å². The zero-order valence-electron chi connectivity index (χ0n) is 27.5. The van der Waals surface area contributed by atoms with Crippen molar-refractivity contribution < 1.29 is 43.8 Å². The smallest absolute Gasteiger partial charge is 0.331 e. The number of rotatable bonds is 7. The lowest BCUT2D eigenvalue weighted by Crippen LogP contribution is -2.69. The Morgan fingerprint density at radius 1 is 1.04 bits per heavy atom. The molecule has 2 heterocycles. The van der Waals surface area contributed by atoms with Gasteiger partial charge in [-0.2, -0.15) is 0 Å². The Balaban J connectivity index is 1.15. The summed E-state index contributed by atoms with van der Waals surface area (Å²) in [5.41, 5.74) is -1.15. The summed E-state index contributed by atoms with van der Waals surface area (Å²) < 4.78 is 31.0. The van der Waals surface area contributed by atoms with E-state index in [4.69, 9.17) is 19.2 Å². The second kappa shape index (κ2) is 12.3. The van der Waals surface area contributed by atoms with E-state index >= 15 is 0 Å². The molecule has 6 aliphatic rings. The summed E-state index contributed by atoms with van der Waals surface area (Å²) in [4.78, 5) is 16.9. The summed E-state index contributed by atoms with van der Waals surface area (Å²) in [6.07, 6.45) is 6.93. The standard InChI is InChI=1S/C37H50FNO8/c1-22-33(42)30(40)18-32(46-22)47-26-7-13-35(21-39-16-11-23-3-5-25(38)6-4-23)28-8-12-34(2)27(24-17-31(41)45-20-24)10-15-37(34,44)29(28)9-14-36(35,43)19-26/h3-6,17,21-22,26-30,32-33,40,42-44H,7-16,18-20H2,1-2H3/t22-,26+,27+,28-,29+,30+,32+,33-,34-,35+,36-,37+/m1/s1. The lowest BCUT2D eigenvalue weighted by Gasteiger charge is -2.66. The maximum Gasteiger partial charge on any atom is 0.331 e. The Labute approximate surface area is 276 Å². The van der Waals surface area contributed by atoms with E-state index in [0.29, 0.717) is 58.1 Å². The van der Waals surface area contributed by atoms with Gasteiger partial charge in [-0.15, -0.1) is 0 Å². The molecule has 0 radical (unpaired) electrons. The minimum Gasteiger partial charge on any atom is -0.458 e. The van der Waals surface area contributed by atoms with Crippen LogP contribution >= 0.6 is 0 Å². The quantitative estimate of drug-likeness (QED) is 0.196. The maximum atomic E-state index is 13.5. The molecule has 2 aliphatic heterocycles. The van der Waals surface area contributed by atoms with Gasteiger partial charge in [0.1, 0.15) is 18.5 Å². The number of ether oxygens (including phenoxy) is 3. The van der Waals surface area contributed by atoms with Crippen LogP contribution in [-0.2, 0) is 25.4 Å². The van der Waals surface area contributed by atoms with Crippen molar-refractivity contribution in [1.82, 2.24) is 0 Å². The second-order valence-corrected chi connectivity index (χ2v) is 15.6. The Morgan fingerprint density at radius 3 is 2.53 bits per heavy atom. The molecule has 1 aromatic carbocycles. The van der Waals surface area contributed by atoms with E-state index in [1.165, 1.54) is 12.1 Å². The number of fused-ring (bicyclic) bond motifs is 5. The molecule has 12 atom stereocenters. The lowest BCUT2D eigenvalue weighted by molar-refractivity contribution is -0.282. The summed E-state index contributed by atoms with van der Waals surface area (Å²) in [5.74, 6) is -0.523. The third-order valence-corrected chi connectivity index (χ3v) is 13.4. The molecule has 0 unspecified atom stereocenters. The molecule has 1 aromatic rings. The highest BCUT2D eigenvalue weighted by molar-refractivity contribution is 5.85. The molecule has 0 aromatic heterocycles. The summed E-state index contributed by atoms with van der Waals surface area (Å²) in [6.45, 7) is 4.71. The first-order chi connectivity index (χ1) is 22.4. The fourth-order valence-corrected chi connectivity index (χ4v) is 10.9. The number of carbonyl (C=O) groups excluding carboxylic acids is 1. The molecule has 0 bridgehead atoms. The van der Waals surface area contributed by atoms with E-state index in [0.717, 1.165) is 30.4 Å². The summed E-state index contributed by atoms with van der Waals surface area (Å²) >= 11 is 0. The zero-order valence-corrected chi connectivity index (χ0v) is 27.5. The molecule has 4 saturated carbocycles. The fourth-order valence-electron chi connectivity index (χ4n) is 10.9. The van der Waals surface area contributed by atoms with Gasteiger partial charge < -0.3 is 34.6 Å². The number of halogens is 1. The van der Waals surface area contributed by atoms with Gasteiger partial charge in [0.2, 0.25) is 0 Å². The highest BCUT2D eigenvalue weighted by Crippen LogP contribution is 2.70. The van der Waals surface area contributed by atoms with Gasteiger partial charge in [-0.05, 0) is 106 Å². The molecule has 47 heavy (non-hydrogen) atoms. The van der Waals surface area contributed by atoms with Crippen molar-refractivity contribution in [2.24, 2.45) is 33.6 Å². The monoisotopic (exact) mass is 655 g/mol. The van der Waals surface area contributed by atoms with E-state index in [1.807, 2.05) is 6.21 Å². The van der Waals surface area contributed by atoms with Gasteiger partial charge in [-0.3, -0.25) is 4.99 Å². The largest absolute Gasteiger partial charge is 0.458 e. The number of aliphatic imine (C=N–C) groups is 1. The second-order valence-electron chi connectivity index (χ2n) is 15.6. The summed E-state index contributed by atoms with van der Waals surface area (Å²) in [7, 11) is 0. The lowest BCUT2D eigenvalue weighted by atomic mass is 9.41. The number of aliphatic hydroxyl groups is 4. The third-order valence-electron chi connectivity index (χ3n) is 13.4. The van der Waals surface area contributed by atoms with Crippen LogP contribution in [0.1, 0.15) is 83.6 Å².